The highest BCUT2D eigenvalue weighted by molar-refractivity contribution is 7.03. The van der Waals surface area contributed by atoms with E-state index in [9.17, 15) is 4.79 Å². The van der Waals surface area contributed by atoms with Gasteiger partial charge < -0.3 is 0 Å². The Bertz CT molecular complexity index is 825. The first-order chi connectivity index (χ1) is 10.2. The number of carbonyl (C=O) groups is 1. The number of nitrogens with one attached hydrogen (secondary N) is 1. The molecule has 0 radical (unpaired) electrons. The van der Waals surface area contributed by atoms with Gasteiger partial charge in [0.2, 0.25) is 0 Å². The van der Waals surface area contributed by atoms with Gasteiger partial charge in [-0.05, 0) is 30.6 Å². The summed E-state index contributed by atoms with van der Waals surface area (Å²) in [6, 6.07) is 11.7. The second kappa shape index (κ2) is 5.80. The lowest BCUT2D eigenvalue weighted by atomic mass is 10.2. The lowest BCUT2D eigenvalue weighted by Crippen LogP contribution is -2.18. The quantitative estimate of drug-likeness (QED) is 0.597. The number of benzene rings is 1. The lowest BCUT2D eigenvalue weighted by molar-refractivity contribution is 0.0955. The average molecular weight is 296 g/mol. The molecule has 0 spiro atoms. The van der Waals surface area contributed by atoms with Crippen LogP contribution in [-0.2, 0) is 0 Å². The predicted molar refractivity (Wildman–Crippen MR) is 83.7 cm³/mol. The van der Waals surface area contributed by atoms with Crippen molar-refractivity contribution in [2.24, 2.45) is 5.10 Å². The van der Waals surface area contributed by atoms with Crippen LogP contribution in [0.15, 0.2) is 46.9 Å². The van der Waals surface area contributed by atoms with E-state index in [1.54, 1.807) is 12.3 Å². The van der Waals surface area contributed by atoms with Crippen LogP contribution < -0.4 is 5.43 Å². The molecule has 0 unspecified atom stereocenters. The fraction of sp³-hybridized carbons (Fsp3) is 0.0667. The zero-order chi connectivity index (χ0) is 14.7. The first kappa shape index (κ1) is 13.4. The van der Waals surface area contributed by atoms with Crippen LogP contribution in [0.2, 0.25) is 0 Å². The molecule has 2 heterocycles. The van der Waals surface area contributed by atoms with Crippen LogP contribution in [0.3, 0.4) is 0 Å². The highest BCUT2D eigenvalue weighted by atomic mass is 32.1. The molecule has 0 saturated carbocycles. The van der Waals surface area contributed by atoms with Gasteiger partial charge in [-0.25, -0.2) is 10.4 Å². The number of hydrogen-bond acceptors (Lipinski definition) is 5. The van der Waals surface area contributed by atoms with Gasteiger partial charge >= 0.3 is 0 Å². The van der Waals surface area contributed by atoms with E-state index in [-0.39, 0.29) is 5.91 Å². The Morgan fingerprint density at radius 2 is 2.14 bits per heavy atom. The van der Waals surface area contributed by atoms with Gasteiger partial charge in [-0.3, -0.25) is 4.79 Å². The summed E-state index contributed by atoms with van der Waals surface area (Å²) in [7, 11) is 0. The van der Waals surface area contributed by atoms with Crippen molar-refractivity contribution < 1.29 is 4.79 Å². The standard InChI is InChI=1S/C15H12N4OS/c1-10-13(9-21-19-10)15(20)18-16-8-12-7-6-11-4-2-3-5-14(11)17-12/h2-9H,1H3,(H,18,20)/b16-8+. The number of amides is 1. The van der Waals surface area contributed by atoms with Crippen LogP contribution in [0, 0.1) is 6.92 Å². The average Bonchev–Trinajstić information content (AvgIpc) is 2.93. The molecule has 2 aromatic heterocycles. The molecule has 1 aromatic carbocycles. The second-order valence-corrected chi connectivity index (χ2v) is 5.07. The molecule has 1 amide bonds. The first-order valence-corrected chi connectivity index (χ1v) is 7.18. The number of aromatic nitrogens is 2. The van der Waals surface area contributed by atoms with Gasteiger partial charge in [0.1, 0.15) is 0 Å². The molecule has 0 bridgehead atoms. The third-order valence-electron chi connectivity index (χ3n) is 2.98. The number of para-hydroxylation sites is 1. The minimum Gasteiger partial charge on any atom is -0.267 e. The molecule has 3 aromatic rings. The van der Waals surface area contributed by atoms with E-state index in [0.717, 1.165) is 10.9 Å². The van der Waals surface area contributed by atoms with Gasteiger partial charge in [-0.1, -0.05) is 24.3 Å². The predicted octanol–water partition coefficient (Wildman–Crippen LogP) is 2.76. The first-order valence-electron chi connectivity index (χ1n) is 6.34. The zero-order valence-electron chi connectivity index (χ0n) is 11.3. The molecule has 0 saturated heterocycles. The summed E-state index contributed by atoms with van der Waals surface area (Å²) in [5.74, 6) is -0.265. The highest BCUT2D eigenvalue weighted by Gasteiger charge is 2.09. The van der Waals surface area contributed by atoms with Gasteiger partial charge in [0, 0.05) is 10.8 Å². The summed E-state index contributed by atoms with van der Waals surface area (Å²) in [5, 5.41) is 6.71. The molecule has 6 heteroatoms. The van der Waals surface area contributed by atoms with Crippen molar-refractivity contribution in [3.05, 3.63) is 58.7 Å². The van der Waals surface area contributed by atoms with E-state index in [0.29, 0.717) is 17.0 Å². The van der Waals surface area contributed by atoms with Crippen LogP contribution >= 0.6 is 11.5 Å². The third-order valence-corrected chi connectivity index (χ3v) is 3.70. The van der Waals surface area contributed by atoms with E-state index in [4.69, 9.17) is 0 Å². The molecule has 21 heavy (non-hydrogen) atoms. The lowest BCUT2D eigenvalue weighted by Gasteiger charge is -1.99. The van der Waals surface area contributed by atoms with Gasteiger partial charge in [0.15, 0.2) is 0 Å². The van der Waals surface area contributed by atoms with E-state index < -0.39 is 0 Å². The molecule has 0 atom stereocenters. The Balaban J connectivity index is 1.73. The summed E-state index contributed by atoms with van der Waals surface area (Å²) in [4.78, 5) is 16.3. The van der Waals surface area contributed by atoms with E-state index >= 15 is 0 Å². The second-order valence-electron chi connectivity index (χ2n) is 4.44. The van der Waals surface area contributed by atoms with Crippen molar-refractivity contribution in [3.8, 4) is 0 Å². The maximum atomic E-state index is 11.9. The number of carbonyl (C=O) groups excluding carboxylic acids is 1. The number of nitrogens with zero attached hydrogens (tertiary/aromatic N) is 3. The Labute approximate surface area is 125 Å². The van der Waals surface area contributed by atoms with Gasteiger partial charge in [0.25, 0.3) is 5.91 Å². The van der Waals surface area contributed by atoms with Crippen molar-refractivity contribution in [1.29, 1.82) is 0 Å². The number of rotatable bonds is 3. The minimum absolute atomic E-state index is 0.265. The molecule has 0 aliphatic rings. The molecule has 5 nitrogen and oxygen atoms in total. The van der Waals surface area contributed by atoms with Gasteiger partial charge in [-0.15, -0.1) is 0 Å². The van der Waals surface area contributed by atoms with Crippen LogP contribution in [0.5, 0.6) is 0 Å². The number of hydrogen-bond donors (Lipinski definition) is 1. The number of pyridine rings is 1. The summed E-state index contributed by atoms with van der Waals surface area (Å²) < 4.78 is 4.05. The van der Waals surface area contributed by atoms with Crippen molar-refractivity contribution in [1.82, 2.24) is 14.8 Å². The molecule has 104 valence electrons. The fourth-order valence-electron chi connectivity index (χ4n) is 1.88. The summed E-state index contributed by atoms with van der Waals surface area (Å²) >= 11 is 1.25. The van der Waals surface area contributed by atoms with Gasteiger partial charge in [-0.2, -0.15) is 9.47 Å². The smallest absolute Gasteiger partial charge is 0.267 e. The molecular weight excluding hydrogens is 284 g/mol. The van der Waals surface area contributed by atoms with Crippen LogP contribution in [0.4, 0.5) is 0 Å². The van der Waals surface area contributed by atoms with E-state index in [1.165, 1.54) is 17.7 Å². The number of aryl methyl sites for hydroxylation is 1. The number of fused-ring (bicyclic) bond motifs is 1. The molecular formula is C15H12N4OS. The van der Waals surface area contributed by atoms with E-state index in [2.05, 4.69) is 19.9 Å². The Kier molecular flexibility index (Phi) is 3.70. The monoisotopic (exact) mass is 296 g/mol. The molecule has 0 fully saturated rings. The van der Waals surface area contributed by atoms with Crippen molar-refractivity contribution >= 4 is 34.6 Å². The number of hydrazone groups is 1. The van der Waals surface area contributed by atoms with Crippen molar-refractivity contribution in [2.45, 2.75) is 6.92 Å². The minimum atomic E-state index is -0.265. The maximum absolute atomic E-state index is 11.9. The molecule has 0 aliphatic carbocycles. The Hall–Kier alpha value is -2.60. The van der Waals surface area contributed by atoms with Crippen molar-refractivity contribution in [3.63, 3.8) is 0 Å². The summed E-state index contributed by atoms with van der Waals surface area (Å²) in [6.07, 6.45) is 1.53. The highest BCUT2D eigenvalue weighted by Crippen LogP contribution is 2.11. The van der Waals surface area contributed by atoms with E-state index in [1.807, 2.05) is 36.4 Å². The van der Waals surface area contributed by atoms with Crippen LogP contribution in [0.25, 0.3) is 10.9 Å². The molecule has 3 rings (SSSR count). The molecule has 1 N–H and O–H groups in total. The Morgan fingerprint density at radius 1 is 1.29 bits per heavy atom. The SMILES string of the molecule is Cc1nscc1C(=O)N/N=C/c1ccc2ccccc2n1. The van der Waals surface area contributed by atoms with Crippen LogP contribution in [-0.4, -0.2) is 21.5 Å². The van der Waals surface area contributed by atoms with Crippen LogP contribution in [0.1, 0.15) is 21.7 Å². The normalized spacial score (nSPS) is 11.1. The fourth-order valence-corrected chi connectivity index (χ4v) is 2.57. The summed E-state index contributed by atoms with van der Waals surface area (Å²) in [5.41, 5.74) is 5.31. The maximum Gasteiger partial charge on any atom is 0.274 e. The zero-order valence-corrected chi connectivity index (χ0v) is 12.1. The topological polar surface area (TPSA) is 67.2 Å². The molecule has 0 aliphatic heterocycles. The summed E-state index contributed by atoms with van der Waals surface area (Å²) in [6.45, 7) is 1.79. The Morgan fingerprint density at radius 3 is 2.95 bits per heavy atom. The van der Waals surface area contributed by atoms with Crippen molar-refractivity contribution in [2.75, 3.05) is 0 Å². The largest absolute Gasteiger partial charge is 0.274 e. The third kappa shape index (κ3) is 2.95. The van der Waals surface area contributed by atoms with Gasteiger partial charge in [0.05, 0.1) is 28.7 Å².